The number of ether oxygens (including phenoxy) is 1. The van der Waals surface area contributed by atoms with Crippen LogP contribution in [-0.4, -0.2) is 66.7 Å². The molecule has 21 heavy (non-hydrogen) atoms. The van der Waals surface area contributed by atoms with E-state index in [1.807, 2.05) is 0 Å². The van der Waals surface area contributed by atoms with E-state index in [2.05, 4.69) is 4.28 Å². The predicted molar refractivity (Wildman–Crippen MR) is 62.6 cm³/mol. The molecule has 1 N–H and O–H groups in total. The van der Waals surface area contributed by atoms with Crippen LogP contribution < -0.4 is 0 Å². The van der Waals surface area contributed by atoms with Crippen molar-refractivity contribution in [1.29, 1.82) is 0 Å². The first-order chi connectivity index (χ1) is 9.70. The summed E-state index contributed by atoms with van der Waals surface area (Å²) in [6.45, 7) is -0.164. The van der Waals surface area contributed by atoms with E-state index in [4.69, 9.17) is 9.29 Å². The number of fused-ring (bicyclic) bond motifs is 2. The summed E-state index contributed by atoms with van der Waals surface area (Å²) in [6, 6.07) is -2.95. The van der Waals surface area contributed by atoms with Crippen LogP contribution in [-0.2, 0) is 19.4 Å². The first-order valence-corrected chi connectivity index (χ1v) is 7.79. The fraction of sp³-hybridized carbons (Fsp3) is 0.900. The van der Waals surface area contributed by atoms with E-state index < -0.39 is 40.4 Å². The number of halogens is 2. The number of urea groups is 1. The second-order valence-corrected chi connectivity index (χ2v) is 6.42. The number of nitrogens with zero attached hydrogens (tertiary/aromatic N) is 2. The van der Waals surface area contributed by atoms with Crippen LogP contribution in [0.25, 0.3) is 0 Å². The molecule has 3 fully saturated rings. The molecular formula is C10H14F2N2O6S. The van der Waals surface area contributed by atoms with Crippen molar-refractivity contribution in [1.82, 2.24) is 9.96 Å². The summed E-state index contributed by atoms with van der Waals surface area (Å²) in [5.41, 5.74) is 0. The topological polar surface area (TPSA) is 96.4 Å². The lowest BCUT2D eigenvalue weighted by atomic mass is 9.87. The average Bonchev–Trinajstić information content (AvgIpc) is 2.49. The lowest BCUT2D eigenvalue weighted by molar-refractivity contribution is -0.199. The van der Waals surface area contributed by atoms with Crippen molar-refractivity contribution in [3.05, 3.63) is 0 Å². The molecule has 3 rings (SSSR count). The number of piperidine rings is 1. The van der Waals surface area contributed by atoms with Gasteiger partial charge in [0.15, 0.2) is 0 Å². The molecule has 8 nitrogen and oxygen atoms in total. The summed E-state index contributed by atoms with van der Waals surface area (Å²) < 4.78 is 67.7. The van der Waals surface area contributed by atoms with E-state index in [1.54, 1.807) is 0 Å². The van der Waals surface area contributed by atoms with Gasteiger partial charge in [-0.15, -0.1) is 4.28 Å². The highest BCUT2D eigenvalue weighted by molar-refractivity contribution is 7.80. The first kappa shape index (κ1) is 14.9. The van der Waals surface area contributed by atoms with Crippen LogP contribution in [0.15, 0.2) is 0 Å². The monoisotopic (exact) mass is 328 g/mol. The maximum atomic E-state index is 14.3. The van der Waals surface area contributed by atoms with Gasteiger partial charge in [0.25, 0.3) is 5.92 Å². The molecule has 2 atom stereocenters. The highest BCUT2D eigenvalue weighted by atomic mass is 32.3. The van der Waals surface area contributed by atoms with Gasteiger partial charge in [-0.05, 0) is 12.8 Å². The van der Waals surface area contributed by atoms with Gasteiger partial charge < -0.3 is 9.64 Å². The Balaban J connectivity index is 1.79. The number of alkyl halides is 2. The summed E-state index contributed by atoms with van der Waals surface area (Å²) >= 11 is 0. The maximum Gasteiger partial charge on any atom is 0.418 e. The van der Waals surface area contributed by atoms with E-state index in [9.17, 15) is 22.0 Å². The molecule has 0 aromatic rings. The van der Waals surface area contributed by atoms with E-state index >= 15 is 0 Å². The van der Waals surface area contributed by atoms with Crippen molar-refractivity contribution in [3.8, 4) is 0 Å². The fourth-order valence-corrected chi connectivity index (χ4v) is 3.35. The number of carbonyl (C=O) groups excluding carboxylic acids is 1. The van der Waals surface area contributed by atoms with Gasteiger partial charge >= 0.3 is 16.4 Å². The molecule has 0 aromatic carbocycles. The second-order valence-electron chi connectivity index (χ2n) is 5.42. The molecular weight excluding hydrogens is 314 g/mol. The van der Waals surface area contributed by atoms with Gasteiger partial charge in [-0.25, -0.2) is 13.6 Å². The summed E-state index contributed by atoms with van der Waals surface area (Å²) in [6.07, 6.45) is 0.205. The zero-order valence-electron chi connectivity index (χ0n) is 10.8. The quantitative estimate of drug-likeness (QED) is 0.744. The molecule has 2 amide bonds. The van der Waals surface area contributed by atoms with Crippen LogP contribution >= 0.6 is 0 Å². The van der Waals surface area contributed by atoms with Crippen LogP contribution in [0.1, 0.15) is 12.8 Å². The smallest absolute Gasteiger partial charge is 0.380 e. The summed E-state index contributed by atoms with van der Waals surface area (Å²) in [5.74, 6) is -4.05. The highest BCUT2D eigenvalue weighted by Gasteiger charge is 2.59. The highest BCUT2D eigenvalue weighted by Crippen LogP contribution is 2.43. The Morgan fingerprint density at radius 3 is 2.52 bits per heavy atom. The molecule has 0 unspecified atom stereocenters. The molecule has 3 aliphatic rings. The third-order valence-corrected chi connectivity index (χ3v) is 4.47. The molecule has 120 valence electrons. The molecule has 3 heterocycles. The standard InChI is InChI=1S/C10H14F2N2O6S/c11-10(12,6-4-19-5-6)8-2-1-7-3-13(8)9(15)14(7)20-21(16,17)18/h6-8H,1-5H2,(H,16,17,18)/t7-,8+/m1/s1. The van der Waals surface area contributed by atoms with Crippen LogP contribution in [0, 0.1) is 5.92 Å². The molecule has 0 aliphatic carbocycles. The normalized spacial score (nSPS) is 30.7. The van der Waals surface area contributed by atoms with Gasteiger partial charge in [-0.2, -0.15) is 13.5 Å². The first-order valence-electron chi connectivity index (χ1n) is 6.42. The van der Waals surface area contributed by atoms with Crippen molar-refractivity contribution >= 4 is 16.4 Å². The molecule has 2 bridgehead atoms. The van der Waals surface area contributed by atoms with E-state index in [0.29, 0.717) is 5.06 Å². The van der Waals surface area contributed by atoms with Crippen molar-refractivity contribution in [2.24, 2.45) is 5.92 Å². The molecule has 0 spiro atoms. The lowest BCUT2D eigenvalue weighted by Gasteiger charge is -2.42. The van der Waals surface area contributed by atoms with E-state index in [0.717, 1.165) is 4.90 Å². The zero-order chi connectivity index (χ0) is 15.4. The van der Waals surface area contributed by atoms with Crippen molar-refractivity contribution in [2.75, 3.05) is 19.8 Å². The van der Waals surface area contributed by atoms with Crippen molar-refractivity contribution in [3.63, 3.8) is 0 Å². The minimum atomic E-state index is -4.87. The third kappa shape index (κ3) is 2.47. The van der Waals surface area contributed by atoms with Crippen molar-refractivity contribution in [2.45, 2.75) is 30.8 Å². The minimum Gasteiger partial charge on any atom is -0.380 e. The summed E-state index contributed by atoms with van der Waals surface area (Å²) in [5, 5.41) is 0.461. The average molecular weight is 328 g/mol. The number of hydrogen-bond donors (Lipinski definition) is 1. The Hall–Kier alpha value is -1.04. The fourth-order valence-electron chi connectivity index (χ4n) is 2.96. The van der Waals surface area contributed by atoms with E-state index in [1.165, 1.54) is 0 Å². The molecule has 0 saturated carbocycles. The Morgan fingerprint density at radius 2 is 2.00 bits per heavy atom. The Bertz CT molecular complexity index is 552. The maximum absolute atomic E-state index is 14.3. The Labute approximate surface area is 119 Å². The Morgan fingerprint density at radius 1 is 1.33 bits per heavy atom. The third-order valence-electron chi connectivity index (χ3n) is 4.12. The summed E-state index contributed by atoms with van der Waals surface area (Å²) in [4.78, 5) is 13.0. The molecule has 0 aromatic heterocycles. The molecule has 0 radical (unpaired) electrons. The minimum absolute atomic E-state index is 0.0330. The number of carbonyl (C=O) groups is 1. The van der Waals surface area contributed by atoms with Gasteiger partial charge in [0.1, 0.15) is 0 Å². The van der Waals surface area contributed by atoms with Gasteiger partial charge in [0, 0.05) is 6.54 Å². The van der Waals surface area contributed by atoms with E-state index in [-0.39, 0.29) is 32.6 Å². The number of rotatable bonds is 4. The largest absolute Gasteiger partial charge is 0.418 e. The van der Waals surface area contributed by atoms with Crippen LogP contribution in [0.5, 0.6) is 0 Å². The Kier molecular flexibility index (Phi) is 3.35. The summed E-state index contributed by atoms with van der Waals surface area (Å²) in [7, 11) is -4.87. The lowest BCUT2D eigenvalue weighted by Crippen LogP contribution is -2.58. The van der Waals surface area contributed by atoms with Gasteiger partial charge in [-0.3, -0.25) is 4.55 Å². The van der Waals surface area contributed by atoms with Gasteiger partial charge in [-0.1, -0.05) is 0 Å². The molecule has 3 aliphatic heterocycles. The van der Waals surface area contributed by atoms with Gasteiger partial charge in [0.2, 0.25) is 0 Å². The van der Waals surface area contributed by atoms with Crippen molar-refractivity contribution < 1.29 is 35.6 Å². The number of hydroxylamine groups is 2. The van der Waals surface area contributed by atoms with Crippen LogP contribution in [0.2, 0.25) is 0 Å². The predicted octanol–water partition coefficient (Wildman–Crippen LogP) is 0.271. The number of hydrogen-bond acceptors (Lipinski definition) is 5. The second kappa shape index (κ2) is 4.73. The molecule has 3 saturated heterocycles. The zero-order valence-corrected chi connectivity index (χ0v) is 11.6. The SMILES string of the molecule is O=C1N2C[C@@H](CC[C@H]2C(F)(F)C2COC2)N1OS(=O)(=O)O. The van der Waals surface area contributed by atoms with Crippen LogP contribution in [0.4, 0.5) is 13.6 Å². The molecule has 11 heteroatoms. The number of amides is 2. The van der Waals surface area contributed by atoms with Crippen LogP contribution in [0.3, 0.4) is 0 Å². The van der Waals surface area contributed by atoms with Gasteiger partial charge in [0.05, 0.1) is 31.2 Å².